The lowest BCUT2D eigenvalue weighted by atomic mass is 10.0. The van der Waals surface area contributed by atoms with Gasteiger partial charge in [0.25, 0.3) is 11.6 Å². The van der Waals surface area contributed by atoms with E-state index in [2.05, 4.69) is 15.5 Å². The molecule has 1 aromatic carbocycles. The number of carbonyl (C=O) groups excluding carboxylic acids is 1. The number of furan rings is 1. The predicted molar refractivity (Wildman–Crippen MR) is 102 cm³/mol. The summed E-state index contributed by atoms with van der Waals surface area (Å²) in [5, 5.41) is 7.72. The second-order valence-electron chi connectivity index (χ2n) is 6.37. The van der Waals surface area contributed by atoms with Crippen LogP contribution >= 0.6 is 0 Å². The van der Waals surface area contributed by atoms with Crippen molar-refractivity contribution in [3.8, 4) is 22.7 Å². The molecule has 6 heteroatoms. The molecular formula is C21H19N3O3. The zero-order valence-corrected chi connectivity index (χ0v) is 15.2. The van der Waals surface area contributed by atoms with Crippen LogP contribution in [0.1, 0.15) is 29.3 Å². The van der Waals surface area contributed by atoms with Crippen LogP contribution in [0.2, 0.25) is 0 Å². The monoisotopic (exact) mass is 361 g/mol. The van der Waals surface area contributed by atoms with Crippen molar-refractivity contribution in [1.82, 2.24) is 15.5 Å². The van der Waals surface area contributed by atoms with E-state index < -0.39 is 0 Å². The number of amides is 1. The molecule has 0 aliphatic rings. The molecule has 3 aromatic heterocycles. The van der Waals surface area contributed by atoms with Gasteiger partial charge in [-0.05, 0) is 31.5 Å². The Kier molecular flexibility index (Phi) is 4.46. The van der Waals surface area contributed by atoms with Crippen LogP contribution in [0.3, 0.4) is 0 Å². The molecule has 1 amide bonds. The molecule has 136 valence electrons. The first-order valence-corrected chi connectivity index (χ1v) is 8.87. The quantitative estimate of drug-likeness (QED) is 0.562. The van der Waals surface area contributed by atoms with Crippen molar-refractivity contribution in [2.24, 2.45) is 0 Å². The number of nitrogens with zero attached hydrogens (tertiary/aromatic N) is 2. The summed E-state index contributed by atoms with van der Waals surface area (Å²) in [5.74, 6) is 0.378. The van der Waals surface area contributed by atoms with E-state index in [-0.39, 0.29) is 5.91 Å². The van der Waals surface area contributed by atoms with E-state index in [1.165, 1.54) is 0 Å². The maximum atomic E-state index is 12.8. The summed E-state index contributed by atoms with van der Waals surface area (Å²) < 4.78 is 10.9. The first kappa shape index (κ1) is 17.0. The molecule has 4 aromatic rings. The van der Waals surface area contributed by atoms with Gasteiger partial charge in [0.05, 0.1) is 17.2 Å². The van der Waals surface area contributed by atoms with Gasteiger partial charge in [0.2, 0.25) is 0 Å². The average molecular weight is 361 g/mol. The lowest BCUT2D eigenvalue weighted by Crippen LogP contribution is -2.24. The standard InChI is InChI=1S/C21H19N3O3/c1-3-10-22-20(25)15-12-16(17-5-4-11-26-17)23-21-18(15)19(24-27-21)14-8-6-13(2)7-9-14/h4-9,11-12H,3,10H2,1-2H3,(H,22,25). The van der Waals surface area contributed by atoms with Gasteiger partial charge in [-0.3, -0.25) is 4.79 Å². The number of fused-ring (bicyclic) bond motifs is 1. The average Bonchev–Trinajstić information content (AvgIpc) is 3.36. The predicted octanol–water partition coefficient (Wildman–Crippen LogP) is 4.60. The van der Waals surface area contributed by atoms with Gasteiger partial charge in [-0.2, -0.15) is 0 Å². The van der Waals surface area contributed by atoms with Crippen LogP contribution in [0.25, 0.3) is 33.8 Å². The molecule has 0 saturated carbocycles. The van der Waals surface area contributed by atoms with E-state index in [0.717, 1.165) is 17.5 Å². The number of carbonyl (C=O) groups is 1. The highest BCUT2D eigenvalue weighted by atomic mass is 16.5. The van der Waals surface area contributed by atoms with Crippen LogP contribution in [0.15, 0.2) is 57.7 Å². The second-order valence-corrected chi connectivity index (χ2v) is 6.37. The third-order valence-corrected chi connectivity index (χ3v) is 4.33. The van der Waals surface area contributed by atoms with Gasteiger partial charge in [-0.15, -0.1) is 0 Å². The minimum Gasteiger partial charge on any atom is -0.463 e. The van der Waals surface area contributed by atoms with Gasteiger partial charge in [-0.1, -0.05) is 41.9 Å². The van der Waals surface area contributed by atoms with Crippen molar-refractivity contribution in [3.63, 3.8) is 0 Å². The number of hydrogen-bond donors (Lipinski definition) is 1. The molecule has 0 fully saturated rings. The maximum Gasteiger partial charge on any atom is 0.259 e. The SMILES string of the molecule is CCCNC(=O)c1cc(-c2ccco2)nc2onc(-c3ccc(C)cc3)c12. The Hall–Kier alpha value is -3.41. The van der Waals surface area contributed by atoms with Crippen LogP contribution in [0.4, 0.5) is 0 Å². The van der Waals surface area contributed by atoms with E-state index in [4.69, 9.17) is 8.94 Å². The first-order valence-electron chi connectivity index (χ1n) is 8.87. The van der Waals surface area contributed by atoms with Gasteiger partial charge < -0.3 is 14.3 Å². The Morgan fingerprint density at radius 2 is 2.00 bits per heavy atom. The highest BCUT2D eigenvalue weighted by molar-refractivity contribution is 6.10. The number of aromatic nitrogens is 2. The molecule has 0 spiro atoms. The second kappa shape index (κ2) is 7.07. The molecule has 1 N–H and O–H groups in total. The van der Waals surface area contributed by atoms with Crippen molar-refractivity contribution in [2.45, 2.75) is 20.3 Å². The number of aryl methyl sites for hydroxylation is 1. The van der Waals surface area contributed by atoms with E-state index in [1.807, 2.05) is 38.1 Å². The molecule has 4 rings (SSSR count). The van der Waals surface area contributed by atoms with Crippen LogP contribution in [-0.4, -0.2) is 22.6 Å². The van der Waals surface area contributed by atoms with Crippen LogP contribution in [0.5, 0.6) is 0 Å². The summed E-state index contributed by atoms with van der Waals surface area (Å²) in [7, 11) is 0. The molecule has 6 nitrogen and oxygen atoms in total. The van der Waals surface area contributed by atoms with Crippen molar-refractivity contribution in [1.29, 1.82) is 0 Å². The number of benzene rings is 1. The molecular weight excluding hydrogens is 342 g/mol. The molecule has 0 atom stereocenters. The number of nitrogens with one attached hydrogen (secondary N) is 1. The molecule has 0 saturated heterocycles. The fourth-order valence-electron chi connectivity index (χ4n) is 2.92. The summed E-state index contributed by atoms with van der Waals surface area (Å²) >= 11 is 0. The molecule has 27 heavy (non-hydrogen) atoms. The van der Waals surface area contributed by atoms with Gasteiger partial charge in [0.1, 0.15) is 11.4 Å². The first-order chi connectivity index (χ1) is 13.2. The van der Waals surface area contributed by atoms with Crippen LogP contribution in [0, 0.1) is 6.92 Å². The highest BCUT2D eigenvalue weighted by Crippen LogP contribution is 2.32. The van der Waals surface area contributed by atoms with E-state index in [0.29, 0.717) is 40.4 Å². The Balaban J connectivity index is 1.91. The van der Waals surface area contributed by atoms with Crippen molar-refractivity contribution in [2.75, 3.05) is 6.54 Å². The van der Waals surface area contributed by atoms with E-state index in [1.54, 1.807) is 24.5 Å². The summed E-state index contributed by atoms with van der Waals surface area (Å²) in [6.07, 6.45) is 2.41. The smallest absolute Gasteiger partial charge is 0.259 e. The van der Waals surface area contributed by atoms with Gasteiger partial charge in [-0.25, -0.2) is 4.98 Å². The number of hydrogen-bond acceptors (Lipinski definition) is 5. The van der Waals surface area contributed by atoms with Crippen molar-refractivity contribution in [3.05, 3.63) is 59.9 Å². The number of pyridine rings is 1. The molecule has 0 aliphatic heterocycles. The van der Waals surface area contributed by atoms with Crippen LogP contribution in [-0.2, 0) is 0 Å². The molecule has 0 unspecified atom stereocenters. The zero-order chi connectivity index (χ0) is 18.8. The van der Waals surface area contributed by atoms with Crippen LogP contribution < -0.4 is 5.32 Å². The Morgan fingerprint density at radius 1 is 1.19 bits per heavy atom. The van der Waals surface area contributed by atoms with Crippen molar-refractivity contribution >= 4 is 17.0 Å². The summed E-state index contributed by atoms with van der Waals surface area (Å²) in [6, 6.07) is 13.2. The minimum atomic E-state index is -0.186. The van der Waals surface area contributed by atoms with Crippen molar-refractivity contribution < 1.29 is 13.7 Å². The minimum absolute atomic E-state index is 0.186. The Morgan fingerprint density at radius 3 is 2.70 bits per heavy atom. The maximum absolute atomic E-state index is 12.8. The summed E-state index contributed by atoms with van der Waals surface area (Å²) in [5.41, 5.74) is 3.92. The topological polar surface area (TPSA) is 81.2 Å². The third-order valence-electron chi connectivity index (χ3n) is 4.33. The molecule has 0 aliphatic carbocycles. The molecule has 3 heterocycles. The zero-order valence-electron chi connectivity index (χ0n) is 15.2. The Labute approximate surface area is 156 Å². The fourth-order valence-corrected chi connectivity index (χ4v) is 2.92. The van der Waals surface area contributed by atoms with Gasteiger partial charge >= 0.3 is 0 Å². The van der Waals surface area contributed by atoms with Gasteiger partial charge in [0, 0.05) is 12.1 Å². The van der Waals surface area contributed by atoms with Gasteiger partial charge in [0.15, 0.2) is 5.76 Å². The third kappa shape index (κ3) is 3.21. The largest absolute Gasteiger partial charge is 0.463 e. The Bertz CT molecular complexity index is 1080. The summed E-state index contributed by atoms with van der Waals surface area (Å²) in [6.45, 7) is 4.61. The summed E-state index contributed by atoms with van der Waals surface area (Å²) in [4.78, 5) is 17.3. The lowest BCUT2D eigenvalue weighted by Gasteiger charge is -2.07. The molecule has 0 bridgehead atoms. The van der Waals surface area contributed by atoms with E-state index in [9.17, 15) is 4.79 Å². The lowest BCUT2D eigenvalue weighted by molar-refractivity contribution is 0.0955. The molecule has 0 radical (unpaired) electrons. The highest BCUT2D eigenvalue weighted by Gasteiger charge is 2.22. The fraction of sp³-hybridized carbons (Fsp3) is 0.190. The normalized spacial score (nSPS) is 11.0. The van der Waals surface area contributed by atoms with E-state index >= 15 is 0 Å². The number of rotatable bonds is 5.